The number of aryl methyl sites for hydroxylation is 2. The van der Waals surface area contributed by atoms with Gasteiger partial charge in [0.25, 0.3) is 5.91 Å². The predicted molar refractivity (Wildman–Crippen MR) is 273 cm³/mol. The van der Waals surface area contributed by atoms with Crippen molar-refractivity contribution in [3.63, 3.8) is 0 Å². The van der Waals surface area contributed by atoms with Gasteiger partial charge in [-0.15, -0.1) is 0 Å². The summed E-state index contributed by atoms with van der Waals surface area (Å²) in [6.45, 7) is 15.4. The highest BCUT2D eigenvalue weighted by Gasteiger charge is 2.35. The number of pyridine rings is 2. The molecule has 0 fully saturated rings. The monoisotopic (exact) mass is 986 g/mol. The number of nitrogens with zero attached hydrogens (tertiary/aromatic N) is 3. The Morgan fingerprint density at radius 3 is 1.52 bits per heavy atom. The Morgan fingerprint density at radius 2 is 1.11 bits per heavy atom. The summed E-state index contributed by atoms with van der Waals surface area (Å²) < 4.78 is 54.0. The molecule has 4 N–H and O–H groups in total. The molecule has 0 saturated carbocycles. The smallest absolute Gasteiger partial charge is 0.337 e. The highest BCUT2D eigenvalue weighted by Crippen LogP contribution is 2.48. The van der Waals surface area contributed by atoms with Crippen molar-refractivity contribution in [2.75, 3.05) is 13.2 Å². The van der Waals surface area contributed by atoms with E-state index in [-0.39, 0.29) is 11.1 Å². The number of hydrogen-bond acceptors (Lipinski definition) is 10. The molecule has 1 amide bonds. The summed E-state index contributed by atoms with van der Waals surface area (Å²) in [6, 6.07) is 22.0. The number of rotatable bonds is 9. The van der Waals surface area contributed by atoms with E-state index in [1.165, 1.54) is 24.3 Å². The molecular weight excluding hydrogens is 935 g/mol. The summed E-state index contributed by atoms with van der Waals surface area (Å²) in [6.07, 6.45) is 2.20. The average molecular weight is 987 g/mol. The second-order valence-electron chi connectivity index (χ2n) is 20.3. The summed E-state index contributed by atoms with van der Waals surface area (Å²) in [5.41, 5.74) is 11.3. The molecule has 0 radical (unpaired) electrons. The van der Waals surface area contributed by atoms with Crippen LogP contribution in [0.1, 0.15) is 103 Å². The Labute approximate surface area is 419 Å². The molecule has 2 aliphatic heterocycles. The van der Waals surface area contributed by atoms with Crippen molar-refractivity contribution in [1.29, 1.82) is 5.26 Å². The van der Waals surface area contributed by atoms with Gasteiger partial charge in [0.2, 0.25) is 0 Å². The van der Waals surface area contributed by atoms with E-state index in [9.17, 15) is 34.2 Å². The Kier molecular flexibility index (Phi) is 12.9. The number of nitrogens with two attached hydrogens (primary N) is 1. The first-order chi connectivity index (χ1) is 34.5. The van der Waals surface area contributed by atoms with Gasteiger partial charge in [-0.25, -0.2) is 18.4 Å². The Hall–Kier alpha value is -8.06. The molecule has 2 atom stereocenters. The minimum atomic E-state index is -1.35. The van der Waals surface area contributed by atoms with E-state index in [1.807, 2.05) is 42.5 Å². The summed E-state index contributed by atoms with van der Waals surface area (Å²) in [5, 5.41) is 33.7. The third kappa shape index (κ3) is 9.35. The van der Waals surface area contributed by atoms with Crippen LogP contribution in [0.4, 0.5) is 8.78 Å². The minimum absolute atomic E-state index is 0.0789. The lowest BCUT2D eigenvalue weighted by Crippen LogP contribution is -2.28. The standard InChI is InChI=1S/C29H27FN2O5.C29H25FN2O4/c1-14-11-16-12-19(27(31)33)20(30)13-18(16)24(22(14)26(28(34)35)37-29(2,3)4)17-5-6-21-23-15(8-10-36-21)7-9-32-25(17)23;1-15-11-17-12-18(14-31)21(30)13-20(17)25(23(15)27(28(33)34)36-29(2,3)4)19-5-6-22-24-16(8-10-35-22)7-9-32-26(19)24/h5-7,9,11-13,26H,8,10H2,1-4H3,(H2,31,33)(H,34,35);5-7,9,11-13,27H,8,10H2,1-4H3,(H,33,34)/t26-;27-/m00/s1. The lowest BCUT2D eigenvalue weighted by Gasteiger charge is -2.29. The van der Waals surface area contributed by atoms with Crippen molar-refractivity contribution in [3.05, 3.63) is 141 Å². The van der Waals surface area contributed by atoms with Crippen LogP contribution >= 0.6 is 0 Å². The van der Waals surface area contributed by atoms with Crippen LogP contribution in [0, 0.1) is 36.8 Å². The number of aromatic nitrogens is 2. The van der Waals surface area contributed by atoms with Crippen LogP contribution < -0.4 is 15.2 Å². The fourth-order valence-corrected chi connectivity index (χ4v) is 10.1. The van der Waals surface area contributed by atoms with Gasteiger partial charge in [-0.2, -0.15) is 5.26 Å². The number of halogens is 2. The van der Waals surface area contributed by atoms with Gasteiger partial charge in [0.1, 0.15) is 29.2 Å². The molecule has 0 bridgehead atoms. The van der Waals surface area contributed by atoms with Crippen LogP contribution in [0.25, 0.3) is 65.6 Å². The Bertz CT molecular complexity index is 3670. The van der Waals surface area contributed by atoms with Gasteiger partial charge in [0, 0.05) is 58.3 Å². The first-order valence-corrected chi connectivity index (χ1v) is 23.7. The lowest BCUT2D eigenvalue weighted by molar-refractivity contribution is -0.161. The molecule has 10 rings (SSSR count). The first-order valence-electron chi connectivity index (χ1n) is 23.7. The van der Waals surface area contributed by atoms with Crippen molar-refractivity contribution < 1.29 is 52.3 Å². The van der Waals surface area contributed by atoms with Gasteiger partial charge in [-0.3, -0.25) is 14.8 Å². The zero-order chi connectivity index (χ0) is 52.4. The van der Waals surface area contributed by atoms with Gasteiger partial charge in [0.15, 0.2) is 12.2 Å². The van der Waals surface area contributed by atoms with Crippen molar-refractivity contribution in [1.82, 2.24) is 9.97 Å². The molecule has 0 unspecified atom stereocenters. The zero-order valence-electron chi connectivity index (χ0n) is 41.5. The fraction of sp³-hybridized carbons (Fsp3) is 0.276. The topological polar surface area (TPSA) is 204 Å². The van der Waals surface area contributed by atoms with E-state index in [1.54, 1.807) is 79.9 Å². The number of amides is 1. The maximum atomic E-state index is 15.2. The molecule has 4 heterocycles. The number of aliphatic carboxylic acids is 2. The van der Waals surface area contributed by atoms with E-state index < -0.39 is 52.9 Å². The number of nitriles is 1. The van der Waals surface area contributed by atoms with Gasteiger partial charge in [-0.1, -0.05) is 12.1 Å². The average Bonchev–Trinajstić information content (AvgIpc) is 3.32. The number of fused-ring (bicyclic) bond motifs is 2. The first kappa shape index (κ1) is 49.9. The highest BCUT2D eigenvalue weighted by atomic mass is 19.1. The number of primary amides is 1. The van der Waals surface area contributed by atoms with Crippen molar-refractivity contribution in [2.45, 2.75) is 91.6 Å². The van der Waals surface area contributed by atoms with Gasteiger partial charge in [0.05, 0.1) is 46.6 Å². The number of hydrogen-bond donors (Lipinski definition) is 3. The Balaban J connectivity index is 0.000000180. The van der Waals surface area contributed by atoms with Crippen LogP contribution in [0.15, 0.2) is 85.2 Å². The van der Waals surface area contributed by atoms with E-state index in [4.69, 9.17) is 24.7 Å². The second kappa shape index (κ2) is 18.8. The van der Waals surface area contributed by atoms with Crippen LogP contribution in [-0.2, 0) is 31.9 Å². The van der Waals surface area contributed by atoms with Gasteiger partial charge < -0.3 is 34.9 Å². The van der Waals surface area contributed by atoms with Crippen molar-refractivity contribution in [3.8, 4) is 39.8 Å². The minimum Gasteiger partial charge on any atom is -0.493 e. The van der Waals surface area contributed by atoms with Gasteiger partial charge in [-0.05, 0) is 171 Å². The zero-order valence-corrected chi connectivity index (χ0v) is 41.5. The molecule has 8 aromatic rings. The summed E-state index contributed by atoms with van der Waals surface area (Å²) in [5.74, 6) is -3.28. The molecule has 2 aliphatic rings. The molecule has 2 aromatic heterocycles. The number of benzene rings is 6. The molecule has 15 heteroatoms. The van der Waals surface area contributed by atoms with E-state index in [0.29, 0.717) is 108 Å². The maximum absolute atomic E-state index is 15.2. The number of carbonyl (C=O) groups excluding carboxylic acids is 1. The predicted octanol–water partition coefficient (Wildman–Crippen LogP) is 11.7. The quantitative estimate of drug-likeness (QED) is 0.124. The molecule has 372 valence electrons. The Morgan fingerprint density at radius 1 is 0.671 bits per heavy atom. The van der Waals surface area contributed by atoms with Crippen LogP contribution in [0.5, 0.6) is 11.5 Å². The lowest BCUT2D eigenvalue weighted by atomic mass is 9.85. The molecule has 0 aliphatic carbocycles. The fourth-order valence-electron chi connectivity index (χ4n) is 10.1. The number of ether oxygens (including phenoxy) is 4. The molecule has 6 aromatic carbocycles. The maximum Gasteiger partial charge on any atom is 0.337 e. The van der Waals surface area contributed by atoms with Crippen molar-refractivity contribution >= 4 is 61.2 Å². The summed E-state index contributed by atoms with van der Waals surface area (Å²) in [7, 11) is 0. The number of carbonyl (C=O) groups is 3. The summed E-state index contributed by atoms with van der Waals surface area (Å²) >= 11 is 0. The van der Waals surface area contributed by atoms with Gasteiger partial charge >= 0.3 is 11.9 Å². The van der Waals surface area contributed by atoms with Crippen LogP contribution in [-0.4, -0.2) is 62.4 Å². The molecule has 13 nitrogen and oxygen atoms in total. The molecular formula is C58H52F2N4O9. The van der Waals surface area contributed by atoms with Crippen LogP contribution in [0.3, 0.4) is 0 Å². The van der Waals surface area contributed by atoms with E-state index in [0.717, 1.165) is 28.3 Å². The number of carboxylic acids is 2. The highest BCUT2D eigenvalue weighted by molar-refractivity contribution is 6.11. The third-order valence-electron chi connectivity index (χ3n) is 12.9. The van der Waals surface area contributed by atoms with E-state index in [2.05, 4.69) is 9.97 Å². The number of carboxylic acid groups (broad SMARTS) is 2. The SMILES string of the molecule is Cc1cc2cc(C#N)c(F)cc2c(-c2ccc3c4c(ccnc24)CCO3)c1[C@H](OC(C)(C)C)C(=O)O.Cc1cc2cc(C(N)=O)c(F)cc2c(-c2ccc3c4c(ccnc24)CCO3)c1[C@H](OC(C)(C)C)C(=O)O. The molecule has 0 spiro atoms. The second-order valence-corrected chi connectivity index (χ2v) is 20.3. The van der Waals surface area contributed by atoms with E-state index >= 15 is 4.39 Å². The van der Waals surface area contributed by atoms with Crippen molar-refractivity contribution in [2.24, 2.45) is 5.73 Å². The summed E-state index contributed by atoms with van der Waals surface area (Å²) in [4.78, 5) is 46.3. The van der Waals surface area contributed by atoms with Crippen LogP contribution in [0.2, 0.25) is 0 Å². The normalized spacial score (nSPS) is 13.9. The largest absolute Gasteiger partial charge is 0.493 e. The third-order valence-corrected chi connectivity index (χ3v) is 12.9. The molecule has 0 saturated heterocycles. The molecule has 73 heavy (non-hydrogen) atoms.